The van der Waals surface area contributed by atoms with Crippen molar-refractivity contribution in [3.05, 3.63) is 28.8 Å². The predicted molar refractivity (Wildman–Crippen MR) is 109 cm³/mol. The minimum Gasteiger partial charge on any atom is -0.381 e. The summed E-state index contributed by atoms with van der Waals surface area (Å²) in [6, 6.07) is 4.76. The number of halogens is 1. The number of benzene rings is 1. The second kappa shape index (κ2) is 9.11. The number of piperidine rings is 1. The summed E-state index contributed by atoms with van der Waals surface area (Å²) in [4.78, 5) is 12.9. The van der Waals surface area contributed by atoms with Crippen LogP contribution in [0.2, 0.25) is 5.02 Å². The largest absolute Gasteiger partial charge is 0.381 e. The van der Waals surface area contributed by atoms with E-state index in [1.165, 1.54) is 4.31 Å². The molecule has 28 heavy (non-hydrogen) atoms. The molecule has 0 bridgehead atoms. The number of hydrogen-bond donors (Lipinski definition) is 1. The molecule has 1 amide bonds. The van der Waals surface area contributed by atoms with Crippen molar-refractivity contribution in [2.24, 2.45) is 5.92 Å². The molecule has 1 saturated heterocycles. The summed E-state index contributed by atoms with van der Waals surface area (Å²) in [5.41, 5.74) is 0.558. The van der Waals surface area contributed by atoms with Gasteiger partial charge in [0.1, 0.15) is 0 Å². The summed E-state index contributed by atoms with van der Waals surface area (Å²) in [6.07, 6.45) is 5.21. The van der Waals surface area contributed by atoms with Gasteiger partial charge in [0.15, 0.2) is 0 Å². The molecule has 0 aromatic heterocycles. The molecule has 1 saturated carbocycles. The first-order valence-electron chi connectivity index (χ1n) is 9.91. The molecule has 3 rings (SSSR count). The van der Waals surface area contributed by atoms with Gasteiger partial charge in [0.05, 0.1) is 11.0 Å². The molecule has 0 radical (unpaired) electrons. The van der Waals surface area contributed by atoms with Crippen molar-refractivity contribution in [2.75, 3.05) is 20.2 Å². The molecule has 1 unspecified atom stereocenters. The number of carbonyl (C=O) groups is 1. The van der Waals surface area contributed by atoms with Crippen molar-refractivity contribution in [1.29, 1.82) is 0 Å². The minimum atomic E-state index is -3.64. The molecule has 0 spiro atoms. The zero-order chi connectivity index (χ0) is 20.3. The van der Waals surface area contributed by atoms with Gasteiger partial charge in [0, 0.05) is 37.2 Å². The number of carbonyl (C=O) groups excluding carboxylic acids is 1. The Kier molecular flexibility index (Phi) is 7.02. The van der Waals surface area contributed by atoms with Crippen LogP contribution in [0, 0.1) is 12.8 Å². The Morgan fingerprint density at radius 2 is 2.04 bits per heavy atom. The summed E-state index contributed by atoms with van der Waals surface area (Å²) in [5, 5.41) is 3.52. The van der Waals surface area contributed by atoms with Gasteiger partial charge in [-0.2, -0.15) is 4.31 Å². The summed E-state index contributed by atoms with van der Waals surface area (Å²) in [7, 11) is -1.96. The van der Waals surface area contributed by atoms with E-state index >= 15 is 0 Å². The van der Waals surface area contributed by atoms with Gasteiger partial charge < -0.3 is 10.1 Å². The molecule has 8 heteroatoms. The maximum atomic E-state index is 13.1. The van der Waals surface area contributed by atoms with Crippen LogP contribution >= 0.6 is 11.6 Å². The van der Waals surface area contributed by atoms with Gasteiger partial charge in [-0.1, -0.05) is 24.1 Å². The van der Waals surface area contributed by atoms with Crippen LogP contribution < -0.4 is 5.32 Å². The van der Waals surface area contributed by atoms with E-state index in [1.54, 1.807) is 32.2 Å². The molecule has 1 aromatic rings. The lowest BCUT2D eigenvalue weighted by molar-refractivity contribution is -0.128. The lowest BCUT2D eigenvalue weighted by Gasteiger charge is -2.34. The third-order valence-electron chi connectivity index (χ3n) is 5.90. The van der Waals surface area contributed by atoms with Crippen molar-refractivity contribution in [2.45, 2.75) is 62.5 Å². The van der Waals surface area contributed by atoms with Crippen molar-refractivity contribution >= 4 is 27.5 Å². The lowest BCUT2D eigenvalue weighted by Crippen LogP contribution is -2.51. The van der Waals surface area contributed by atoms with E-state index in [2.05, 4.69) is 5.32 Å². The highest BCUT2D eigenvalue weighted by atomic mass is 35.5. The number of nitrogens with zero attached hydrogens (tertiary/aromatic N) is 1. The molecular formula is C20H29ClN2O4S. The van der Waals surface area contributed by atoms with Crippen LogP contribution in [0.4, 0.5) is 0 Å². The highest BCUT2D eigenvalue weighted by Crippen LogP contribution is 2.29. The Bertz CT molecular complexity index is 814. The Balaban J connectivity index is 1.67. The Morgan fingerprint density at radius 3 is 2.79 bits per heavy atom. The summed E-state index contributed by atoms with van der Waals surface area (Å²) in [6.45, 7) is 2.46. The number of nitrogens with one attached hydrogen (secondary N) is 1. The van der Waals surface area contributed by atoms with Gasteiger partial charge in [0.2, 0.25) is 15.9 Å². The van der Waals surface area contributed by atoms with Gasteiger partial charge in [-0.15, -0.1) is 0 Å². The SMILES string of the molecule is CO[C@H]1CCCC(C(=O)N[C@H]2CCCN(S(=O)(=O)c3cccc(Cl)c3C)C2)C1. The molecular weight excluding hydrogens is 400 g/mol. The number of methoxy groups -OCH3 is 1. The highest BCUT2D eigenvalue weighted by molar-refractivity contribution is 7.89. The van der Waals surface area contributed by atoms with Crippen LogP contribution in [-0.2, 0) is 19.6 Å². The van der Waals surface area contributed by atoms with E-state index in [4.69, 9.17) is 16.3 Å². The Hall–Kier alpha value is -1.15. The van der Waals surface area contributed by atoms with E-state index in [9.17, 15) is 13.2 Å². The molecule has 1 heterocycles. The topological polar surface area (TPSA) is 75.7 Å². The highest BCUT2D eigenvalue weighted by Gasteiger charge is 2.34. The Morgan fingerprint density at radius 1 is 1.25 bits per heavy atom. The zero-order valence-electron chi connectivity index (χ0n) is 16.5. The number of rotatable bonds is 5. The monoisotopic (exact) mass is 428 g/mol. The number of amides is 1. The summed E-state index contributed by atoms with van der Waals surface area (Å²) < 4.78 is 33.1. The molecule has 2 fully saturated rings. The second-order valence-electron chi connectivity index (χ2n) is 7.80. The standard InChI is InChI=1S/C20H29ClN2O4S/c1-14-18(21)9-4-10-19(14)28(25,26)23-11-5-7-16(13-23)22-20(24)15-6-3-8-17(12-15)27-2/h4,9-10,15-17H,3,5-8,11-13H2,1-2H3,(H,22,24)/t15?,16-,17-/m0/s1. The fourth-order valence-electron chi connectivity index (χ4n) is 4.20. The first-order valence-corrected chi connectivity index (χ1v) is 11.7. The first kappa shape index (κ1) is 21.6. The fourth-order valence-corrected chi connectivity index (χ4v) is 6.20. The molecule has 156 valence electrons. The molecule has 6 nitrogen and oxygen atoms in total. The smallest absolute Gasteiger partial charge is 0.243 e. The van der Waals surface area contributed by atoms with Gasteiger partial charge in [-0.3, -0.25) is 4.79 Å². The Labute approximate surface area is 172 Å². The van der Waals surface area contributed by atoms with E-state index in [-0.39, 0.29) is 28.9 Å². The quantitative estimate of drug-likeness (QED) is 0.781. The van der Waals surface area contributed by atoms with Crippen molar-refractivity contribution in [3.63, 3.8) is 0 Å². The third-order valence-corrected chi connectivity index (χ3v) is 8.32. The van der Waals surface area contributed by atoms with Crippen LogP contribution in [0.5, 0.6) is 0 Å². The molecule has 2 aliphatic rings. The van der Waals surface area contributed by atoms with Crippen LogP contribution in [0.1, 0.15) is 44.1 Å². The lowest BCUT2D eigenvalue weighted by atomic mass is 9.86. The van der Waals surface area contributed by atoms with Crippen molar-refractivity contribution in [3.8, 4) is 0 Å². The number of hydrogen-bond acceptors (Lipinski definition) is 4. The van der Waals surface area contributed by atoms with Gasteiger partial charge in [-0.25, -0.2) is 8.42 Å². The van der Waals surface area contributed by atoms with Crippen LogP contribution in [0.15, 0.2) is 23.1 Å². The van der Waals surface area contributed by atoms with Crippen LogP contribution in [0.3, 0.4) is 0 Å². The molecule has 3 atom stereocenters. The number of ether oxygens (including phenoxy) is 1. The second-order valence-corrected chi connectivity index (χ2v) is 10.1. The fraction of sp³-hybridized carbons (Fsp3) is 0.650. The van der Waals surface area contributed by atoms with Gasteiger partial charge in [0.25, 0.3) is 0 Å². The maximum absolute atomic E-state index is 13.1. The molecule has 1 aliphatic heterocycles. The molecule has 1 aromatic carbocycles. The minimum absolute atomic E-state index is 0.0185. The van der Waals surface area contributed by atoms with Crippen molar-refractivity contribution in [1.82, 2.24) is 9.62 Å². The van der Waals surface area contributed by atoms with E-state index < -0.39 is 10.0 Å². The normalized spacial score (nSPS) is 26.8. The summed E-state index contributed by atoms with van der Waals surface area (Å²) in [5.74, 6) is -0.0363. The maximum Gasteiger partial charge on any atom is 0.243 e. The van der Waals surface area contributed by atoms with Gasteiger partial charge >= 0.3 is 0 Å². The van der Waals surface area contributed by atoms with E-state index in [1.807, 2.05) is 0 Å². The van der Waals surface area contributed by atoms with Crippen molar-refractivity contribution < 1.29 is 17.9 Å². The summed E-state index contributed by atoms with van der Waals surface area (Å²) >= 11 is 6.12. The third kappa shape index (κ3) is 4.70. The zero-order valence-corrected chi connectivity index (χ0v) is 18.1. The van der Waals surface area contributed by atoms with E-state index in [0.717, 1.165) is 38.5 Å². The van der Waals surface area contributed by atoms with Crippen LogP contribution in [-0.4, -0.2) is 51.0 Å². The van der Waals surface area contributed by atoms with E-state index in [0.29, 0.717) is 23.7 Å². The van der Waals surface area contributed by atoms with Gasteiger partial charge in [-0.05, 0) is 56.7 Å². The average molecular weight is 429 g/mol. The molecule has 1 N–H and O–H groups in total. The molecule has 1 aliphatic carbocycles. The predicted octanol–water partition coefficient (Wildman–Crippen LogP) is 3.12. The first-order chi connectivity index (χ1) is 13.3. The van der Waals surface area contributed by atoms with Crippen LogP contribution in [0.25, 0.3) is 0 Å². The average Bonchev–Trinajstić information content (AvgIpc) is 2.70. The number of sulfonamides is 1.